The quantitative estimate of drug-likeness (QED) is 0.685. The number of amides is 1. The monoisotopic (exact) mass is 348 g/mol. The van der Waals surface area contributed by atoms with Gasteiger partial charge in [0.05, 0.1) is 0 Å². The first kappa shape index (κ1) is 16.7. The van der Waals surface area contributed by atoms with E-state index in [-0.39, 0.29) is 11.9 Å². The van der Waals surface area contributed by atoms with Crippen molar-refractivity contribution >= 4 is 22.6 Å². The summed E-state index contributed by atoms with van der Waals surface area (Å²) in [6.45, 7) is 1.90. The van der Waals surface area contributed by atoms with E-state index in [0.717, 1.165) is 40.8 Å². The molecule has 1 aliphatic carbocycles. The summed E-state index contributed by atoms with van der Waals surface area (Å²) in [4.78, 5) is 12.3. The fourth-order valence-electron chi connectivity index (χ4n) is 3.57. The highest BCUT2D eigenvalue weighted by Gasteiger charge is 2.20. The molecule has 3 aromatic rings. The second-order valence-corrected chi connectivity index (χ2v) is 7.08. The number of nitrogens with one attached hydrogen (secondary N) is 2. The molecule has 0 unspecified atom stereocenters. The zero-order valence-electron chi connectivity index (χ0n) is 15.0. The highest BCUT2D eigenvalue weighted by atomic mass is 16.3. The van der Waals surface area contributed by atoms with Crippen LogP contribution in [0.25, 0.3) is 22.3 Å². The molecule has 1 heterocycles. The first-order valence-corrected chi connectivity index (χ1v) is 9.35. The number of carbonyl (C=O) groups is 1. The molecule has 26 heavy (non-hydrogen) atoms. The van der Waals surface area contributed by atoms with E-state index < -0.39 is 0 Å². The van der Waals surface area contributed by atoms with E-state index in [0.29, 0.717) is 6.04 Å². The third-order valence-electron chi connectivity index (χ3n) is 5.07. The average Bonchev–Trinajstić information content (AvgIpc) is 3.31. The van der Waals surface area contributed by atoms with Crippen LogP contribution < -0.4 is 10.6 Å². The molecule has 4 rings (SSSR count). The molecule has 4 heteroatoms. The van der Waals surface area contributed by atoms with Gasteiger partial charge in [-0.25, -0.2) is 0 Å². The molecule has 2 aromatic carbocycles. The maximum absolute atomic E-state index is 12.3. The summed E-state index contributed by atoms with van der Waals surface area (Å²) < 4.78 is 5.90. The Hall–Kier alpha value is -2.75. The molecule has 1 aromatic heterocycles. The van der Waals surface area contributed by atoms with Crippen LogP contribution >= 0.6 is 0 Å². The van der Waals surface area contributed by atoms with Gasteiger partial charge in [0.15, 0.2) is 0 Å². The summed E-state index contributed by atoms with van der Waals surface area (Å²) in [6, 6.07) is 18.1. The minimum Gasteiger partial charge on any atom is -0.456 e. The third-order valence-corrected chi connectivity index (χ3v) is 5.07. The lowest BCUT2D eigenvalue weighted by Gasteiger charge is -2.18. The van der Waals surface area contributed by atoms with Crippen LogP contribution in [0.15, 0.2) is 59.0 Å². The summed E-state index contributed by atoms with van der Waals surface area (Å²) in [5.74, 6) is 0.919. The average molecular weight is 348 g/mol. The van der Waals surface area contributed by atoms with Crippen LogP contribution in [0, 0.1) is 0 Å². The Morgan fingerprint density at radius 3 is 2.54 bits per heavy atom. The maximum atomic E-state index is 12.3. The van der Waals surface area contributed by atoms with Crippen molar-refractivity contribution in [2.45, 2.75) is 44.7 Å². The summed E-state index contributed by atoms with van der Waals surface area (Å²) in [5.41, 5.74) is 2.84. The molecule has 0 saturated heterocycles. The normalized spacial score (nSPS) is 15.9. The predicted molar refractivity (Wildman–Crippen MR) is 105 cm³/mol. The van der Waals surface area contributed by atoms with Crippen LogP contribution in [-0.4, -0.2) is 18.0 Å². The van der Waals surface area contributed by atoms with Gasteiger partial charge < -0.3 is 15.1 Å². The lowest BCUT2D eigenvalue weighted by molar-refractivity contribution is -0.122. The van der Waals surface area contributed by atoms with Gasteiger partial charge in [0.1, 0.15) is 17.4 Å². The highest BCUT2D eigenvalue weighted by Crippen LogP contribution is 2.28. The van der Waals surface area contributed by atoms with E-state index >= 15 is 0 Å². The first-order chi connectivity index (χ1) is 12.7. The van der Waals surface area contributed by atoms with Gasteiger partial charge in [-0.2, -0.15) is 0 Å². The van der Waals surface area contributed by atoms with Crippen LogP contribution in [-0.2, 0) is 4.79 Å². The second kappa shape index (κ2) is 7.24. The molecule has 0 bridgehead atoms. The standard InChI is InChI=1S/C22H24N2O2/c1-15(22(25)24-18-7-3-4-8-18)23-19-12-10-16(11-13-19)21-14-17-6-2-5-9-20(17)26-21/h2,5-6,9-15,18,23H,3-4,7-8H2,1H3,(H,24,25)/t15-/m1/s1. The van der Waals surface area contributed by atoms with Crippen molar-refractivity contribution < 1.29 is 9.21 Å². The zero-order chi connectivity index (χ0) is 17.9. The smallest absolute Gasteiger partial charge is 0.242 e. The van der Waals surface area contributed by atoms with Gasteiger partial charge in [-0.1, -0.05) is 31.0 Å². The summed E-state index contributed by atoms with van der Waals surface area (Å²) >= 11 is 0. The van der Waals surface area contributed by atoms with E-state index in [2.05, 4.69) is 16.7 Å². The van der Waals surface area contributed by atoms with Crippen molar-refractivity contribution in [1.82, 2.24) is 5.32 Å². The number of benzene rings is 2. The Morgan fingerprint density at radius 2 is 1.81 bits per heavy atom. The Bertz CT molecular complexity index is 859. The predicted octanol–water partition coefficient (Wildman–Crippen LogP) is 4.96. The molecule has 1 aliphatic rings. The van der Waals surface area contributed by atoms with E-state index in [9.17, 15) is 4.79 Å². The Morgan fingerprint density at radius 1 is 1.08 bits per heavy atom. The van der Waals surface area contributed by atoms with Crippen molar-refractivity contribution in [2.24, 2.45) is 0 Å². The molecule has 134 valence electrons. The SMILES string of the molecule is C[C@@H](Nc1ccc(-c2cc3ccccc3o2)cc1)C(=O)NC1CCCC1. The minimum absolute atomic E-state index is 0.0678. The summed E-state index contributed by atoms with van der Waals surface area (Å²) in [6.07, 6.45) is 4.64. The number of para-hydroxylation sites is 1. The van der Waals surface area contributed by atoms with E-state index in [1.807, 2.05) is 55.5 Å². The van der Waals surface area contributed by atoms with Gasteiger partial charge in [-0.05, 0) is 56.2 Å². The zero-order valence-corrected chi connectivity index (χ0v) is 15.0. The van der Waals surface area contributed by atoms with Gasteiger partial charge in [-0.15, -0.1) is 0 Å². The molecular formula is C22H24N2O2. The van der Waals surface area contributed by atoms with Gasteiger partial charge in [0, 0.05) is 22.7 Å². The molecule has 1 fully saturated rings. The first-order valence-electron chi connectivity index (χ1n) is 9.35. The number of hydrogen-bond donors (Lipinski definition) is 2. The molecule has 1 saturated carbocycles. The molecular weight excluding hydrogens is 324 g/mol. The highest BCUT2D eigenvalue weighted by molar-refractivity contribution is 5.85. The molecule has 1 atom stereocenters. The fraction of sp³-hybridized carbons (Fsp3) is 0.318. The van der Waals surface area contributed by atoms with Crippen LogP contribution in [0.4, 0.5) is 5.69 Å². The lowest BCUT2D eigenvalue weighted by Crippen LogP contribution is -2.42. The van der Waals surface area contributed by atoms with Crippen molar-refractivity contribution in [3.05, 3.63) is 54.6 Å². The van der Waals surface area contributed by atoms with Crippen LogP contribution in [0.1, 0.15) is 32.6 Å². The van der Waals surface area contributed by atoms with Crippen molar-refractivity contribution in [1.29, 1.82) is 0 Å². The topological polar surface area (TPSA) is 54.3 Å². The molecule has 1 amide bonds. The van der Waals surface area contributed by atoms with Crippen molar-refractivity contribution in [2.75, 3.05) is 5.32 Å². The number of anilines is 1. The van der Waals surface area contributed by atoms with Crippen LogP contribution in [0.2, 0.25) is 0 Å². The van der Waals surface area contributed by atoms with E-state index in [4.69, 9.17) is 4.42 Å². The van der Waals surface area contributed by atoms with Gasteiger partial charge in [0.25, 0.3) is 0 Å². The van der Waals surface area contributed by atoms with E-state index in [1.165, 1.54) is 12.8 Å². The lowest BCUT2D eigenvalue weighted by atomic mass is 10.1. The molecule has 0 aliphatic heterocycles. The minimum atomic E-state index is -0.257. The van der Waals surface area contributed by atoms with Gasteiger partial charge in [0.2, 0.25) is 5.91 Å². The molecule has 4 nitrogen and oxygen atoms in total. The number of fused-ring (bicyclic) bond motifs is 1. The largest absolute Gasteiger partial charge is 0.456 e. The number of furan rings is 1. The molecule has 2 N–H and O–H groups in total. The Kier molecular flexibility index (Phi) is 4.65. The number of rotatable bonds is 5. The van der Waals surface area contributed by atoms with Crippen LogP contribution in [0.5, 0.6) is 0 Å². The number of hydrogen-bond acceptors (Lipinski definition) is 3. The van der Waals surface area contributed by atoms with Crippen molar-refractivity contribution in [3.63, 3.8) is 0 Å². The Labute approximate surface area is 153 Å². The summed E-state index contributed by atoms with van der Waals surface area (Å²) in [7, 11) is 0. The molecule has 0 spiro atoms. The second-order valence-electron chi connectivity index (χ2n) is 7.08. The van der Waals surface area contributed by atoms with Crippen LogP contribution in [0.3, 0.4) is 0 Å². The van der Waals surface area contributed by atoms with Crippen molar-refractivity contribution in [3.8, 4) is 11.3 Å². The fourth-order valence-corrected chi connectivity index (χ4v) is 3.57. The maximum Gasteiger partial charge on any atom is 0.242 e. The summed E-state index contributed by atoms with van der Waals surface area (Å²) in [5, 5.41) is 7.51. The van der Waals surface area contributed by atoms with E-state index in [1.54, 1.807) is 0 Å². The van der Waals surface area contributed by atoms with Gasteiger partial charge in [-0.3, -0.25) is 4.79 Å². The molecule has 0 radical (unpaired) electrons. The Balaban J connectivity index is 1.41. The number of carbonyl (C=O) groups excluding carboxylic acids is 1. The van der Waals surface area contributed by atoms with Gasteiger partial charge >= 0.3 is 0 Å². The third kappa shape index (κ3) is 3.59.